The summed E-state index contributed by atoms with van der Waals surface area (Å²) in [5, 5.41) is 7.99. The first-order valence-corrected chi connectivity index (χ1v) is 2.29. The van der Waals surface area contributed by atoms with E-state index in [4.69, 9.17) is 5.11 Å². The Bertz CT molecular complexity index is 118. The lowest BCUT2D eigenvalue weighted by Crippen LogP contribution is -2.04. The number of carboxylic acids is 1. The first kappa shape index (κ1) is 7.94. The van der Waals surface area contributed by atoms with Gasteiger partial charge in [-0.2, -0.15) is 0 Å². The van der Waals surface area contributed by atoms with Crippen LogP contribution in [0.3, 0.4) is 0 Å². The summed E-state index contributed by atoms with van der Waals surface area (Å²) in [6.45, 7) is 0. The van der Waals surface area contributed by atoms with E-state index in [0.29, 0.717) is 0 Å². The molecule has 51 valence electrons. The van der Waals surface area contributed by atoms with Crippen LogP contribution in [-0.2, 0) is 14.3 Å². The van der Waals surface area contributed by atoms with E-state index < -0.39 is 11.9 Å². The summed E-state index contributed by atoms with van der Waals surface area (Å²) in [4.78, 5) is 20.0. The number of aliphatic carboxylic acids is 1. The van der Waals surface area contributed by atoms with Gasteiger partial charge in [-0.15, -0.1) is 0 Å². The zero-order valence-electron chi connectivity index (χ0n) is 4.96. The number of carbonyl (C=O) groups is 2. The molecule has 0 aromatic carbocycles. The highest BCUT2D eigenvalue weighted by Gasteiger charge is 2.03. The Kier molecular flexibility index (Phi) is 3.43. The van der Waals surface area contributed by atoms with Crippen molar-refractivity contribution in [3.63, 3.8) is 0 Å². The van der Waals surface area contributed by atoms with Crippen LogP contribution in [0.15, 0.2) is 0 Å². The molecule has 0 heterocycles. The van der Waals surface area contributed by atoms with Crippen molar-refractivity contribution in [2.24, 2.45) is 0 Å². The van der Waals surface area contributed by atoms with E-state index in [1.807, 2.05) is 0 Å². The number of esters is 1. The molecular weight excluding hydrogens is 124 g/mol. The Morgan fingerprint density at radius 2 is 2.22 bits per heavy atom. The van der Waals surface area contributed by atoms with Crippen molar-refractivity contribution in [1.29, 1.82) is 0 Å². The second kappa shape index (κ2) is 3.88. The molecule has 0 bridgehead atoms. The Hall–Kier alpha value is -1.06. The number of rotatable bonds is 3. The minimum Gasteiger partial charge on any atom is -0.481 e. The Balaban J connectivity index is 3.28. The lowest BCUT2D eigenvalue weighted by atomic mass is 10.3. The highest BCUT2D eigenvalue weighted by molar-refractivity contribution is 5.83. The second-order valence-electron chi connectivity index (χ2n) is 1.32. The van der Waals surface area contributed by atoms with Gasteiger partial charge in [-0.3, -0.25) is 9.59 Å². The van der Waals surface area contributed by atoms with Crippen LogP contribution >= 0.6 is 0 Å². The lowest BCUT2D eigenvalue weighted by molar-refractivity contribution is -0.142. The largest absolute Gasteiger partial charge is 0.481 e. The minimum atomic E-state index is -1.11. The first-order chi connectivity index (χ1) is 4.16. The number of hydrogen-bond acceptors (Lipinski definition) is 3. The molecule has 0 fully saturated rings. The Morgan fingerprint density at radius 3 is 2.56 bits per heavy atom. The molecule has 0 saturated heterocycles. The van der Waals surface area contributed by atoms with E-state index >= 15 is 0 Å². The minimum absolute atomic E-state index is 0.175. The van der Waals surface area contributed by atoms with Gasteiger partial charge in [-0.25, -0.2) is 0 Å². The van der Waals surface area contributed by atoms with Crippen molar-refractivity contribution < 1.29 is 19.4 Å². The summed E-state index contributed by atoms with van der Waals surface area (Å²) in [5.41, 5.74) is 0. The van der Waals surface area contributed by atoms with E-state index in [-0.39, 0.29) is 6.42 Å². The van der Waals surface area contributed by atoms with Gasteiger partial charge in [-0.05, 0) is 0 Å². The summed E-state index contributed by atoms with van der Waals surface area (Å²) in [6.07, 6.45) is 0.664. The zero-order chi connectivity index (χ0) is 7.28. The molecule has 1 N–H and O–H groups in total. The van der Waals surface area contributed by atoms with Crippen molar-refractivity contribution >= 4 is 11.9 Å². The van der Waals surface area contributed by atoms with E-state index in [9.17, 15) is 9.59 Å². The van der Waals surface area contributed by atoms with Crippen LogP contribution in [0.2, 0.25) is 0 Å². The molecule has 0 aliphatic rings. The SMILES string of the molecule is COC(=O)C[CH]C(=O)O. The quantitative estimate of drug-likeness (QED) is 0.540. The molecular formula is C5H7O4. The summed E-state index contributed by atoms with van der Waals surface area (Å²) < 4.78 is 4.17. The zero-order valence-corrected chi connectivity index (χ0v) is 4.96. The summed E-state index contributed by atoms with van der Waals surface area (Å²) >= 11 is 0. The highest BCUT2D eigenvalue weighted by atomic mass is 16.5. The maximum absolute atomic E-state index is 10.2. The Morgan fingerprint density at radius 1 is 1.67 bits per heavy atom. The third-order valence-corrected chi connectivity index (χ3v) is 0.671. The monoisotopic (exact) mass is 131 g/mol. The van der Waals surface area contributed by atoms with Gasteiger partial charge in [-0.1, -0.05) is 0 Å². The molecule has 0 saturated carbocycles. The lowest BCUT2D eigenvalue weighted by Gasteiger charge is -1.92. The van der Waals surface area contributed by atoms with E-state index in [0.717, 1.165) is 6.42 Å². The van der Waals surface area contributed by atoms with Crippen molar-refractivity contribution in [2.45, 2.75) is 6.42 Å². The third-order valence-electron chi connectivity index (χ3n) is 0.671. The van der Waals surface area contributed by atoms with Crippen LogP contribution in [0.1, 0.15) is 6.42 Å². The van der Waals surface area contributed by atoms with Gasteiger partial charge in [0, 0.05) is 0 Å². The van der Waals surface area contributed by atoms with Crippen LogP contribution < -0.4 is 0 Å². The van der Waals surface area contributed by atoms with Crippen molar-refractivity contribution in [2.75, 3.05) is 7.11 Å². The van der Waals surface area contributed by atoms with Gasteiger partial charge < -0.3 is 9.84 Å². The molecule has 1 radical (unpaired) electrons. The molecule has 0 aromatic heterocycles. The van der Waals surface area contributed by atoms with E-state index in [1.165, 1.54) is 7.11 Å². The average Bonchev–Trinajstić information content (AvgIpc) is 1.83. The van der Waals surface area contributed by atoms with Crippen LogP contribution in [-0.4, -0.2) is 24.2 Å². The molecule has 0 amide bonds. The molecule has 0 spiro atoms. The number of carbonyl (C=O) groups excluding carboxylic acids is 1. The molecule has 0 aliphatic carbocycles. The normalized spacial score (nSPS) is 8.56. The first-order valence-electron chi connectivity index (χ1n) is 2.29. The van der Waals surface area contributed by atoms with Crippen molar-refractivity contribution in [3.05, 3.63) is 6.42 Å². The predicted molar refractivity (Wildman–Crippen MR) is 28.6 cm³/mol. The molecule has 9 heavy (non-hydrogen) atoms. The number of ether oxygens (including phenoxy) is 1. The smallest absolute Gasteiger partial charge is 0.307 e. The molecule has 0 aromatic rings. The number of carboxylic acid groups (broad SMARTS) is 1. The van der Waals surface area contributed by atoms with Gasteiger partial charge in [0.2, 0.25) is 0 Å². The van der Waals surface area contributed by atoms with Crippen molar-refractivity contribution in [3.8, 4) is 0 Å². The second-order valence-corrected chi connectivity index (χ2v) is 1.32. The Labute approximate surface area is 52.4 Å². The average molecular weight is 131 g/mol. The molecule has 0 aliphatic heterocycles. The highest BCUT2D eigenvalue weighted by Crippen LogP contribution is 1.88. The van der Waals surface area contributed by atoms with Gasteiger partial charge in [0.15, 0.2) is 0 Å². The summed E-state index contributed by atoms with van der Waals surface area (Å²) in [6, 6.07) is 0. The van der Waals surface area contributed by atoms with Crippen LogP contribution in [0.25, 0.3) is 0 Å². The summed E-state index contributed by atoms with van der Waals surface area (Å²) in [7, 11) is 1.21. The maximum atomic E-state index is 10.2. The van der Waals surface area contributed by atoms with Gasteiger partial charge in [0.1, 0.15) is 0 Å². The fraction of sp³-hybridized carbons (Fsp3) is 0.400. The number of hydrogen-bond donors (Lipinski definition) is 1. The topological polar surface area (TPSA) is 63.6 Å². The molecule has 4 heteroatoms. The van der Waals surface area contributed by atoms with Crippen LogP contribution in [0, 0.1) is 6.42 Å². The fourth-order valence-electron chi connectivity index (χ4n) is 0.254. The summed E-state index contributed by atoms with van der Waals surface area (Å²) in [5.74, 6) is -1.65. The molecule has 0 unspecified atom stereocenters. The molecule has 0 atom stereocenters. The van der Waals surface area contributed by atoms with Gasteiger partial charge in [0.05, 0.1) is 20.0 Å². The van der Waals surface area contributed by atoms with E-state index in [1.54, 1.807) is 0 Å². The number of methoxy groups -OCH3 is 1. The standard InChI is InChI=1S/C5H7O4/c1-9-5(8)3-2-4(6)7/h2H,3H2,1H3,(H,6,7). The van der Waals surface area contributed by atoms with E-state index in [2.05, 4.69) is 4.74 Å². The molecule has 0 rings (SSSR count). The third kappa shape index (κ3) is 4.80. The van der Waals surface area contributed by atoms with Gasteiger partial charge >= 0.3 is 11.9 Å². The van der Waals surface area contributed by atoms with Crippen LogP contribution in [0.4, 0.5) is 0 Å². The van der Waals surface area contributed by atoms with Gasteiger partial charge in [0.25, 0.3) is 0 Å². The van der Waals surface area contributed by atoms with Crippen LogP contribution in [0.5, 0.6) is 0 Å². The predicted octanol–water partition coefficient (Wildman–Crippen LogP) is -0.162. The maximum Gasteiger partial charge on any atom is 0.307 e. The van der Waals surface area contributed by atoms with Crippen molar-refractivity contribution in [1.82, 2.24) is 0 Å². The fourth-order valence-corrected chi connectivity index (χ4v) is 0.254. The molecule has 4 nitrogen and oxygen atoms in total.